The number of aromatic nitrogens is 4. The number of anilines is 1. The number of benzene rings is 3. The lowest BCUT2D eigenvalue weighted by Gasteiger charge is -2.09. The van der Waals surface area contributed by atoms with Gasteiger partial charge in [-0.05, 0) is 52.4 Å². The van der Waals surface area contributed by atoms with Crippen LogP contribution in [0, 0.1) is 0 Å². The summed E-state index contributed by atoms with van der Waals surface area (Å²) in [6, 6.07) is 27.8. The molecule has 0 amide bonds. The standard InChI is InChI=1S/C21H17BrN6S/c22-17-13-11-16(12-14-17)20(24-23-18-7-3-1-4-8-18)15-29-21-25-26-27-28(21)19-9-5-2-6-10-19/h1-14,23H,15H2/b24-20-. The molecule has 0 aliphatic heterocycles. The molecule has 0 aliphatic rings. The number of thioether (sulfide) groups is 1. The molecule has 1 heterocycles. The Hall–Kier alpha value is -2.97. The van der Waals surface area contributed by atoms with Crippen molar-refractivity contribution < 1.29 is 0 Å². The molecule has 1 aromatic heterocycles. The first-order chi connectivity index (χ1) is 14.3. The zero-order valence-electron chi connectivity index (χ0n) is 15.3. The molecule has 0 fully saturated rings. The summed E-state index contributed by atoms with van der Waals surface area (Å²) in [5.41, 5.74) is 6.92. The summed E-state index contributed by atoms with van der Waals surface area (Å²) in [4.78, 5) is 0. The molecule has 0 saturated heterocycles. The van der Waals surface area contributed by atoms with E-state index in [0.717, 1.165) is 27.1 Å². The number of para-hydroxylation sites is 2. The van der Waals surface area contributed by atoms with Gasteiger partial charge in [0.15, 0.2) is 0 Å². The van der Waals surface area contributed by atoms with Crippen LogP contribution in [0.4, 0.5) is 5.69 Å². The Morgan fingerprint density at radius 3 is 2.34 bits per heavy atom. The molecule has 0 saturated carbocycles. The van der Waals surface area contributed by atoms with Gasteiger partial charge < -0.3 is 0 Å². The van der Waals surface area contributed by atoms with E-state index >= 15 is 0 Å². The number of nitrogens with one attached hydrogen (secondary N) is 1. The van der Waals surface area contributed by atoms with E-state index in [4.69, 9.17) is 0 Å². The molecular weight excluding hydrogens is 448 g/mol. The van der Waals surface area contributed by atoms with E-state index in [0.29, 0.717) is 10.9 Å². The predicted molar refractivity (Wildman–Crippen MR) is 121 cm³/mol. The van der Waals surface area contributed by atoms with E-state index in [1.165, 1.54) is 11.8 Å². The van der Waals surface area contributed by atoms with Gasteiger partial charge in [-0.2, -0.15) is 9.78 Å². The van der Waals surface area contributed by atoms with E-state index in [2.05, 4.69) is 42.0 Å². The van der Waals surface area contributed by atoms with Crippen molar-refractivity contribution in [3.63, 3.8) is 0 Å². The van der Waals surface area contributed by atoms with Gasteiger partial charge in [0, 0.05) is 10.2 Å². The van der Waals surface area contributed by atoms with Crippen LogP contribution in [0.1, 0.15) is 5.56 Å². The summed E-state index contributed by atoms with van der Waals surface area (Å²) >= 11 is 5.02. The first kappa shape index (κ1) is 19.4. The van der Waals surface area contributed by atoms with Crippen LogP contribution in [-0.4, -0.2) is 31.7 Å². The van der Waals surface area contributed by atoms with Gasteiger partial charge in [0.2, 0.25) is 5.16 Å². The molecule has 6 nitrogen and oxygen atoms in total. The minimum atomic E-state index is 0.606. The molecule has 8 heteroatoms. The predicted octanol–water partition coefficient (Wildman–Crippen LogP) is 5.03. The maximum absolute atomic E-state index is 4.65. The lowest BCUT2D eigenvalue weighted by molar-refractivity contribution is 0.757. The highest BCUT2D eigenvalue weighted by molar-refractivity contribution is 9.10. The first-order valence-corrected chi connectivity index (χ1v) is 10.7. The van der Waals surface area contributed by atoms with Crippen molar-refractivity contribution in [1.29, 1.82) is 0 Å². The topological polar surface area (TPSA) is 68.0 Å². The van der Waals surface area contributed by atoms with Crippen LogP contribution in [0.2, 0.25) is 0 Å². The largest absolute Gasteiger partial charge is 0.278 e. The zero-order chi connectivity index (χ0) is 19.9. The highest BCUT2D eigenvalue weighted by atomic mass is 79.9. The molecule has 1 N–H and O–H groups in total. The second-order valence-corrected chi connectivity index (χ2v) is 7.90. The number of rotatable bonds is 7. The molecule has 0 bridgehead atoms. The Labute approximate surface area is 181 Å². The molecule has 3 aromatic carbocycles. The van der Waals surface area contributed by atoms with Crippen LogP contribution in [-0.2, 0) is 0 Å². The van der Waals surface area contributed by atoms with Crippen LogP contribution in [0.15, 0.2) is 99.7 Å². The van der Waals surface area contributed by atoms with Crippen LogP contribution in [0.5, 0.6) is 0 Å². The van der Waals surface area contributed by atoms with E-state index in [-0.39, 0.29) is 0 Å². The normalized spacial score (nSPS) is 11.4. The fourth-order valence-electron chi connectivity index (χ4n) is 2.60. The van der Waals surface area contributed by atoms with E-state index in [1.807, 2.05) is 84.9 Å². The monoisotopic (exact) mass is 464 g/mol. The molecule has 0 aliphatic carbocycles. The lowest BCUT2D eigenvalue weighted by atomic mass is 10.1. The molecule has 0 atom stereocenters. The molecule has 0 radical (unpaired) electrons. The van der Waals surface area contributed by atoms with Crippen molar-refractivity contribution in [3.05, 3.63) is 95.0 Å². The average Bonchev–Trinajstić information content (AvgIpc) is 3.25. The van der Waals surface area contributed by atoms with Gasteiger partial charge in [-0.25, -0.2) is 0 Å². The van der Waals surface area contributed by atoms with Gasteiger partial charge in [0.25, 0.3) is 0 Å². The fraction of sp³-hybridized carbons (Fsp3) is 0.0476. The zero-order valence-corrected chi connectivity index (χ0v) is 17.7. The summed E-state index contributed by atoms with van der Waals surface area (Å²) in [5, 5.41) is 17.5. The lowest BCUT2D eigenvalue weighted by Crippen LogP contribution is -2.09. The summed E-state index contributed by atoms with van der Waals surface area (Å²) in [5.74, 6) is 0.606. The van der Waals surface area contributed by atoms with Gasteiger partial charge in [-0.1, -0.05) is 76.2 Å². The van der Waals surface area contributed by atoms with Gasteiger partial charge in [0.05, 0.1) is 17.1 Å². The summed E-state index contributed by atoms with van der Waals surface area (Å²) in [7, 11) is 0. The second kappa shape index (κ2) is 9.49. The summed E-state index contributed by atoms with van der Waals surface area (Å²) in [6.07, 6.45) is 0. The molecule has 4 rings (SSSR count). The van der Waals surface area contributed by atoms with E-state index < -0.39 is 0 Å². The number of hydrogen-bond donors (Lipinski definition) is 1. The fourth-order valence-corrected chi connectivity index (χ4v) is 3.72. The van der Waals surface area contributed by atoms with E-state index in [1.54, 1.807) is 4.68 Å². The Balaban J connectivity index is 1.56. The maximum Gasteiger partial charge on any atom is 0.214 e. The Morgan fingerprint density at radius 1 is 0.931 bits per heavy atom. The number of hydrazone groups is 1. The third-order valence-electron chi connectivity index (χ3n) is 4.05. The third kappa shape index (κ3) is 5.10. The Morgan fingerprint density at radius 2 is 1.62 bits per heavy atom. The van der Waals surface area contributed by atoms with Crippen LogP contribution in [0.25, 0.3) is 5.69 Å². The Bertz CT molecular complexity index is 1080. The molecule has 0 spiro atoms. The number of hydrogen-bond acceptors (Lipinski definition) is 6. The smallest absolute Gasteiger partial charge is 0.214 e. The minimum Gasteiger partial charge on any atom is -0.278 e. The first-order valence-electron chi connectivity index (χ1n) is 8.90. The number of halogens is 1. The number of tetrazole rings is 1. The summed E-state index contributed by atoms with van der Waals surface area (Å²) in [6.45, 7) is 0. The van der Waals surface area contributed by atoms with E-state index in [9.17, 15) is 0 Å². The van der Waals surface area contributed by atoms with Crippen LogP contribution >= 0.6 is 27.7 Å². The average molecular weight is 465 g/mol. The van der Waals surface area contributed by atoms with Gasteiger partial charge in [-0.3, -0.25) is 5.43 Å². The highest BCUT2D eigenvalue weighted by Gasteiger charge is 2.12. The third-order valence-corrected chi connectivity index (χ3v) is 5.51. The second-order valence-electron chi connectivity index (χ2n) is 6.04. The van der Waals surface area contributed by atoms with Crippen molar-refractivity contribution in [1.82, 2.24) is 20.2 Å². The van der Waals surface area contributed by atoms with Crippen molar-refractivity contribution >= 4 is 39.1 Å². The molecular formula is C21H17BrN6S. The SMILES string of the molecule is Brc1ccc(/C(CSc2nnnn2-c2ccccc2)=N\Nc2ccccc2)cc1. The molecule has 144 valence electrons. The van der Waals surface area contributed by atoms with Crippen LogP contribution in [0.3, 0.4) is 0 Å². The Kier molecular flexibility index (Phi) is 6.33. The van der Waals surface area contributed by atoms with Gasteiger partial charge in [-0.15, -0.1) is 5.10 Å². The summed E-state index contributed by atoms with van der Waals surface area (Å²) < 4.78 is 2.76. The van der Waals surface area contributed by atoms with Crippen molar-refractivity contribution in [3.8, 4) is 5.69 Å². The number of nitrogens with zero attached hydrogens (tertiary/aromatic N) is 5. The molecule has 29 heavy (non-hydrogen) atoms. The highest BCUT2D eigenvalue weighted by Crippen LogP contribution is 2.21. The quantitative estimate of drug-likeness (QED) is 0.236. The molecule has 0 unspecified atom stereocenters. The van der Waals surface area contributed by atoms with Crippen molar-refractivity contribution in [2.45, 2.75) is 5.16 Å². The molecule has 4 aromatic rings. The van der Waals surface area contributed by atoms with Crippen LogP contribution < -0.4 is 5.43 Å². The van der Waals surface area contributed by atoms with Crippen molar-refractivity contribution in [2.24, 2.45) is 5.10 Å². The van der Waals surface area contributed by atoms with Gasteiger partial charge in [0.1, 0.15) is 0 Å². The minimum absolute atomic E-state index is 0.606. The maximum atomic E-state index is 4.65. The van der Waals surface area contributed by atoms with Gasteiger partial charge >= 0.3 is 0 Å². The van der Waals surface area contributed by atoms with Crippen molar-refractivity contribution in [2.75, 3.05) is 11.2 Å².